The summed E-state index contributed by atoms with van der Waals surface area (Å²) in [6.45, 7) is 7.22. The number of hydrogen-bond acceptors (Lipinski definition) is 4. The summed E-state index contributed by atoms with van der Waals surface area (Å²) in [6.07, 6.45) is 0.577. The minimum Gasteiger partial charge on any atom is -0.389 e. The lowest BCUT2D eigenvalue weighted by molar-refractivity contribution is 0.0345. The second kappa shape index (κ2) is 5.89. The lowest BCUT2D eigenvalue weighted by atomic mass is 10.1. The third-order valence-electron chi connectivity index (χ3n) is 3.47. The van der Waals surface area contributed by atoms with Crippen LogP contribution in [0.25, 0.3) is 0 Å². The number of carbonyl (C=O) groups excluding carboxylic acids is 1. The number of nitrogens with zero attached hydrogens (tertiary/aromatic N) is 2. The van der Waals surface area contributed by atoms with Crippen LogP contribution in [-0.4, -0.2) is 54.6 Å². The molecule has 0 atom stereocenters. The van der Waals surface area contributed by atoms with E-state index < -0.39 is 11.4 Å². The van der Waals surface area contributed by atoms with Crippen molar-refractivity contribution in [1.82, 2.24) is 4.90 Å². The molecule has 4 nitrogen and oxygen atoms in total. The van der Waals surface area contributed by atoms with Gasteiger partial charge in [-0.25, -0.2) is 4.39 Å². The van der Waals surface area contributed by atoms with E-state index in [0.29, 0.717) is 18.5 Å². The number of piperazine rings is 1. The number of rotatable bonds is 4. The summed E-state index contributed by atoms with van der Waals surface area (Å²) in [5.41, 5.74) is 0.0703. The minimum atomic E-state index is -0.713. The van der Waals surface area contributed by atoms with Crippen LogP contribution in [0.2, 0.25) is 0 Å². The molecule has 1 aromatic rings. The molecular formula is C15H21FN2O2. The zero-order valence-electron chi connectivity index (χ0n) is 12.0. The molecule has 0 aromatic heterocycles. The number of anilines is 1. The number of aldehydes is 1. The molecule has 110 valence electrons. The van der Waals surface area contributed by atoms with E-state index in [1.54, 1.807) is 26.0 Å². The highest BCUT2D eigenvalue weighted by Gasteiger charge is 2.24. The molecule has 5 heteroatoms. The van der Waals surface area contributed by atoms with Gasteiger partial charge in [0.25, 0.3) is 0 Å². The number of β-amino-alcohol motifs (C(OH)–C–C–N with tert-alkyl or cyclic N) is 1. The Morgan fingerprint density at radius 2 is 1.95 bits per heavy atom. The van der Waals surface area contributed by atoms with Gasteiger partial charge in [-0.3, -0.25) is 9.69 Å². The van der Waals surface area contributed by atoms with Crippen molar-refractivity contribution in [3.63, 3.8) is 0 Å². The van der Waals surface area contributed by atoms with Gasteiger partial charge in [0.05, 0.1) is 16.9 Å². The molecule has 20 heavy (non-hydrogen) atoms. The Labute approximate surface area is 118 Å². The maximum Gasteiger partial charge on any atom is 0.155 e. The lowest BCUT2D eigenvalue weighted by Gasteiger charge is -2.38. The summed E-state index contributed by atoms with van der Waals surface area (Å²) in [7, 11) is 0. The van der Waals surface area contributed by atoms with Gasteiger partial charge in [-0.05, 0) is 26.0 Å². The van der Waals surface area contributed by atoms with E-state index >= 15 is 0 Å². The van der Waals surface area contributed by atoms with Gasteiger partial charge in [-0.2, -0.15) is 0 Å². The van der Waals surface area contributed by atoms with Crippen LogP contribution >= 0.6 is 0 Å². The molecule has 0 bridgehead atoms. The van der Waals surface area contributed by atoms with E-state index in [1.165, 1.54) is 6.07 Å². The van der Waals surface area contributed by atoms with Crippen molar-refractivity contribution in [2.24, 2.45) is 0 Å². The Balaban J connectivity index is 2.04. The molecular weight excluding hydrogens is 259 g/mol. The van der Waals surface area contributed by atoms with Crippen LogP contribution < -0.4 is 4.90 Å². The van der Waals surface area contributed by atoms with Crippen LogP contribution in [0.4, 0.5) is 10.1 Å². The van der Waals surface area contributed by atoms with Gasteiger partial charge in [0.2, 0.25) is 0 Å². The van der Waals surface area contributed by atoms with E-state index in [4.69, 9.17) is 0 Å². The molecule has 1 aliphatic rings. The largest absolute Gasteiger partial charge is 0.389 e. The van der Waals surface area contributed by atoms with Gasteiger partial charge in [0.15, 0.2) is 6.29 Å². The Bertz CT molecular complexity index is 477. The van der Waals surface area contributed by atoms with Crippen molar-refractivity contribution in [1.29, 1.82) is 0 Å². The standard InChI is InChI=1S/C15H21FN2O2/c1-15(2,20)11-17-6-8-18(9-7-17)14-5-3-4-13(16)12(14)10-19/h3-5,10,20H,6-9,11H2,1-2H3. The normalized spacial score (nSPS) is 17.3. The molecule has 0 radical (unpaired) electrons. The van der Waals surface area contributed by atoms with Gasteiger partial charge in [-0.1, -0.05) is 6.07 Å². The third-order valence-corrected chi connectivity index (χ3v) is 3.47. The second-order valence-corrected chi connectivity index (χ2v) is 5.87. The van der Waals surface area contributed by atoms with Gasteiger partial charge in [0, 0.05) is 32.7 Å². The van der Waals surface area contributed by atoms with Crippen LogP contribution in [0.3, 0.4) is 0 Å². The maximum atomic E-state index is 13.6. The van der Waals surface area contributed by atoms with Gasteiger partial charge in [-0.15, -0.1) is 0 Å². The number of carbonyl (C=O) groups is 1. The second-order valence-electron chi connectivity index (χ2n) is 5.87. The van der Waals surface area contributed by atoms with Gasteiger partial charge in [0.1, 0.15) is 5.82 Å². The molecule has 1 heterocycles. The Hall–Kier alpha value is -1.46. The smallest absolute Gasteiger partial charge is 0.155 e. The summed E-state index contributed by atoms with van der Waals surface area (Å²) in [5, 5.41) is 9.82. The van der Waals surface area contributed by atoms with Crippen molar-refractivity contribution < 1.29 is 14.3 Å². The molecule has 1 aromatic carbocycles. The number of hydrogen-bond donors (Lipinski definition) is 1. The van der Waals surface area contributed by atoms with Crippen molar-refractivity contribution in [2.45, 2.75) is 19.4 Å². The zero-order valence-corrected chi connectivity index (χ0v) is 12.0. The van der Waals surface area contributed by atoms with Crippen LogP contribution in [0, 0.1) is 5.82 Å². The van der Waals surface area contributed by atoms with E-state index in [9.17, 15) is 14.3 Å². The molecule has 1 N–H and O–H groups in total. The van der Waals surface area contributed by atoms with Crippen molar-refractivity contribution in [3.8, 4) is 0 Å². The van der Waals surface area contributed by atoms with Crippen molar-refractivity contribution in [3.05, 3.63) is 29.6 Å². The van der Waals surface area contributed by atoms with Crippen LogP contribution in [-0.2, 0) is 0 Å². The first-order valence-corrected chi connectivity index (χ1v) is 6.84. The molecule has 0 amide bonds. The molecule has 1 saturated heterocycles. The molecule has 0 unspecified atom stereocenters. The summed E-state index contributed by atoms with van der Waals surface area (Å²) < 4.78 is 13.6. The number of aliphatic hydroxyl groups is 1. The summed E-state index contributed by atoms with van der Waals surface area (Å²) in [6, 6.07) is 4.71. The van der Waals surface area contributed by atoms with E-state index in [-0.39, 0.29) is 5.56 Å². The van der Waals surface area contributed by atoms with Crippen LogP contribution in [0.1, 0.15) is 24.2 Å². The monoisotopic (exact) mass is 280 g/mol. The zero-order chi connectivity index (χ0) is 14.8. The predicted molar refractivity (Wildman–Crippen MR) is 76.7 cm³/mol. The average molecular weight is 280 g/mol. The quantitative estimate of drug-likeness (QED) is 0.850. The highest BCUT2D eigenvalue weighted by molar-refractivity contribution is 5.85. The predicted octanol–water partition coefficient (Wildman–Crippen LogP) is 1.53. The van der Waals surface area contributed by atoms with Crippen molar-refractivity contribution >= 4 is 12.0 Å². The fraction of sp³-hybridized carbons (Fsp3) is 0.533. The van der Waals surface area contributed by atoms with E-state index in [1.807, 2.05) is 4.90 Å². The minimum absolute atomic E-state index is 0.128. The average Bonchev–Trinajstić information content (AvgIpc) is 2.37. The molecule has 2 rings (SSSR count). The van der Waals surface area contributed by atoms with Gasteiger partial charge < -0.3 is 10.0 Å². The Morgan fingerprint density at radius 1 is 1.30 bits per heavy atom. The third kappa shape index (κ3) is 3.55. The SMILES string of the molecule is CC(C)(O)CN1CCN(c2cccc(F)c2C=O)CC1. The fourth-order valence-corrected chi connectivity index (χ4v) is 2.61. The Morgan fingerprint density at radius 3 is 2.50 bits per heavy atom. The molecule has 1 fully saturated rings. The van der Waals surface area contributed by atoms with E-state index in [0.717, 1.165) is 26.2 Å². The van der Waals surface area contributed by atoms with Gasteiger partial charge >= 0.3 is 0 Å². The summed E-state index contributed by atoms with van der Waals surface area (Å²) in [4.78, 5) is 15.2. The lowest BCUT2D eigenvalue weighted by Crippen LogP contribution is -2.50. The first-order valence-electron chi connectivity index (χ1n) is 6.84. The molecule has 1 aliphatic heterocycles. The molecule has 0 aliphatic carbocycles. The number of halogens is 1. The topological polar surface area (TPSA) is 43.8 Å². The molecule has 0 spiro atoms. The van der Waals surface area contributed by atoms with E-state index in [2.05, 4.69) is 4.90 Å². The van der Waals surface area contributed by atoms with Crippen molar-refractivity contribution in [2.75, 3.05) is 37.6 Å². The van der Waals surface area contributed by atoms with Crippen LogP contribution in [0.15, 0.2) is 18.2 Å². The summed E-state index contributed by atoms with van der Waals surface area (Å²) in [5.74, 6) is -0.476. The first-order chi connectivity index (χ1) is 9.40. The first kappa shape index (κ1) is 14.9. The van der Waals surface area contributed by atoms with Crippen LogP contribution in [0.5, 0.6) is 0 Å². The highest BCUT2D eigenvalue weighted by Crippen LogP contribution is 2.23. The fourth-order valence-electron chi connectivity index (χ4n) is 2.61. The summed E-state index contributed by atoms with van der Waals surface area (Å²) >= 11 is 0. The maximum absolute atomic E-state index is 13.6. The highest BCUT2D eigenvalue weighted by atomic mass is 19.1. The number of benzene rings is 1. The molecule has 0 saturated carbocycles. The Kier molecular flexibility index (Phi) is 4.40.